The van der Waals surface area contributed by atoms with Gasteiger partial charge in [-0.1, -0.05) is 44.0 Å². The Labute approximate surface area is 119 Å². The molecule has 1 amide bonds. The van der Waals surface area contributed by atoms with Crippen LogP contribution in [0.1, 0.15) is 49.7 Å². The third-order valence-corrected chi connectivity index (χ3v) is 3.91. The van der Waals surface area contributed by atoms with Crippen LogP contribution in [0, 0.1) is 0 Å². The van der Waals surface area contributed by atoms with Crippen LogP contribution in [0.2, 0.25) is 0 Å². The van der Waals surface area contributed by atoms with Crippen molar-refractivity contribution in [2.24, 2.45) is 0 Å². The summed E-state index contributed by atoms with van der Waals surface area (Å²) >= 11 is 0. The lowest BCUT2D eigenvalue weighted by Crippen LogP contribution is -2.42. The molecule has 2 N–H and O–H groups in total. The standard InChI is InChI=1S/C16H21NO3/c1-2-3-8-14(16(19)20)17-15(18)13-10-9-11-6-4-5-7-12(11)13/h4-7,13-14H,2-3,8-10H2,1H3,(H,17,18)(H,19,20)/t13?,14-/m0/s1. The van der Waals surface area contributed by atoms with E-state index in [0.717, 1.165) is 31.2 Å². The second-order valence-corrected chi connectivity index (χ2v) is 5.33. The van der Waals surface area contributed by atoms with E-state index in [1.807, 2.05) is 31.2 Å². The van der Waals surface area contributed by atoms with Crippen molar-refractivity contribution in [2.75, 3.05) is 0 Å². The molecule has 1 aromatic rings. The van der Waals surface area contributed by atoms with Crippen molar-refractivity contribution in [3.8, 4) is 0 Å². The number of hydrogen-bond acceptors (Lipinski definition) is 2. The molecule has 1 aliphatic carbocycles. The minimum absolute atomic E-state index is 0.154. The monoisotopic (exact) mass is 275 g/mol. The molecule has 1 aliphatic rings. The van der Waals surface area contributed by atoms with E-state index in [4.69, 9.17) is 0 Å². The van der Waals surface area contributed by atoms with E-state index in [9.17, 15) is 14.7 Å². The van der Waals surface area contributed by atoms with E-state index < -0.39 is 12.0 Å². The second-order valence-electron chi connectivity index (χ2n) is 5.33. The zero-order valence-electron chi connectivity index (χ0n) is 11.8. The number of aryl methyl sites for hydroxylation is 1. The second kappa shape index (κ2) is 6.55. The van der Waals surface area contributed by atoms with Crippen LogP contribution in [0.3, 0.4) is 0 Å². The smallest absolute Gasteiger partial charge is 0.326 e. The molecular formula is C16H21NO3. The third kappa shape index (κ3) is 3.18. The van der Waals surface area contributed by atoms with Gasteiger partial charge in [-0.05, 0) is 30.4 Å². The van der Waals surface area contributed by atoms with E-state index >= 15 is 0 Å². The molecule has 2 rings (SSSR count). The van der Waals surface area contributed by atoms with E-state index in [1.54, 1.807) is 0 Å². The number of fused-ring (bicyclic) bond motifs is 1. The summed E-state index contributed by atoms with van der Waals surface area (Å²) < 4.78 is 0. The van der Waals surface area contributed by atoms with Crippen LogP contribution in [0.5, 0.6) is 0 Å². The lowest BCUT2D eigenvalue weighted by Gasteiger charge is -2.17. The van der Waals surface area contributed by atoms with Gasteiger partial charge in [0.2, 0.25) is 5.91 Å². The first-order valence-corrected chi connectivity index (χ1v) is 7.24. The molecule has 0 bridgehead atoms. The minimum Gasteiger partial charge on any atom is -0.480 e. The van der Waals surface area contributed by atoms with Gasteiger partial charge in [-0.15, -0.1) is 0 Å². The van der Waals surface area contributed by atoms with Crippen molar-refractivity contribution in [3.05, 3.63) is 35.4 Å². The summed E-state index contributed by atoms with van der Waals surface area (Å²) in [6.07, 6.45) is 3.88. The van der Waals surface area contributed by atoms with E-state index in [0.29, 0.717) is 6.42 Å². The summed E-state index contributed by atoms with van der Waals surface area (Å²) in [5, 5.41) is 11.9. The van der Waals surface area contributed by atoms with Crippen molar-refractivity contribution in [3.63, 3.8) is 0 Å². The highest BCUT2D eigenvalue weighted by molar-refractivity contribution is 5.88. The normalized spacial score (nSPS) is 18.4. The van der Waals surface area contributed by atoms with Gasteiger partial charge in [0.15, 0.2) is 0 Å². The van der Waals surface area contributed by atoms with Gasteiger partial charge >= 0.3 is 5.97 Å². The Hall–Kier alpha value is -1.84. The first-order chi connectivity index (χ1) is 9.63. The summed E-state index contributed by atoms with van der Waals surface area (Å²) in [7, 11) is 0. The van der Waals surface area contributed by atoms with E-state index in [1.165, 1.54) is 5.56 Å². The number of carbonyl (C=O) groups excluding carboxylic acids is 1. The van der Waals surface area contributed by atoms with Crippen LogP contribution < -0.4 is 5.32 Å². The molecule has 1 unspecified atom stereocenters. The lowest BCUT2D eigenvalue weighted by atomic mass is 9.99. The molecule has 0 aromatic heterocycles. The van der Waals surface area contributed by atoms with Crippen LogP contribution in [0.4, 0.5) is 0 Å². The fourth-order valence-corrected chi connectivity index (χ4v) is 2.77. The summed E-state index contributed by atoms with van der Waals surface area (Å²) in [5.41, 5.74) is 2.25. The van der Waals surface area contributed by atoms with Crippen LogP contribution in [0.25, 0.3) is 0 Å². The summed E-state index contributed by atoms with van der Waals surface area (Å²) in [6, 6.07) is 7.13. The summed E-state index contributed by atoms with van der Waals surface area (Å²) in [5.74, 6) is -1.30. The van der Waals surface area contributed by atoms with Gasteiger partial charge in [-0.2, -0.15) is 0 Å². The average molecular weight is 275 g/mol. The maximum Gasteiger partial charge on any atom is 0.326 e. The molecule has 0 heterocycles. The van der Waals surface area contributed by atoms with Crippen molar-refractivity contribution < 1.29 is 14.7 Å². The predicted molar refractivity (Wildman–Crippen MR) is 76.6 cm³/mol. The van der Waals surface area contributed by atoms with Crippen LogP contribution in [-0.4, -0.2) is 23.0 Å². The number of aliphatic carboxylic acids is 1. The van der Waals surface area contributed by atoms with Crippen LogP contribution in [-0.2, 0) is 16.0 Å². The van der Waals surface area contributed by atoms with Gasteiger partial charge in [-0.3, -0.25) is 4.79 Å². The van der Waals surface area contributed by atoms with Gasteiger partial charge in [0.25, 0.3) is 0 Å². The third-order valence-electron chi connectivity index (χ3n) is 3.91. The topological polar surface area (TPSA) is 66.4 Å². The number of carboxylic acids is 1. The Bertz CT molecular complexity index is 498. The Morgan fingerprint density at radius 1 is 1.40 bits per heavy atom. The Kier molecular flexibility index (Phi) is 4.77. The first kappa shape index (κ1) is 14.6. The van der Waals surface area contributed by atoms with Gasteiger partial charge in [0, 0.05) is 0 Å². The predicted octanol–water partition coefficient (Wildman–Crippen LogP) is 2.48. The van der Waals surface area contributed by atoms with Crippen LogP contribution >= 0.6 is 0 Å². The highest BCUT2D eigenvalue weighted by Crippen LogP contribution is 2.32. The van der Waals surface area contributed by atoms with E-state index in [-0.39, 0.29) is 11.8 Å². The van der Waals surface area contributed by atoms with Crippen molar-refractivity contribution >= 4 is 11.9 Å². The highest BCUT2D eigenvalue weighted by atomic mass is 16.4. The average Bonchev–Trinajstić information content (AvgIpc) is 2.87. The summed E-state index contributed by atoms with van der Waals surface area (Å²) in [6.45, 7) is 2.01. The Morgan fingerprint density at radius 2 is 2.15 bits per heavy atom. The quantitative estimate of drug-likeness (QED) is 0.838. The number of benzene rings is 1. The number of carbonyl (C=O) groups is 2. The molecule has 4 nitrogen and oxygen atoms in total. The zero-order chi connectivity index (χ0) is 14.5. The lowest BCUT2D eigenvalue weighted by molar-refractivity contribution is -0.142. The molecule has 20 heavy (non-hydrogen) atoms. The molecule has 1 aromatic carbocycles. The molecule has 4 heteroatoms. The van der Waals surface area contributed by atoms with Gasteiger partial charge < -0.3 is 10.4 Å². The number of hydrogen-bond donors (Lipinski definition) is 2. The number of nitrogens with one attached hydrogen (secondary N) is 1. The molecule has 0 saturated heterocycles. The molecular weight excluding hydrogens is 254 g/mol. The highest BCUT2D eigenvalue weighted by Gasteiger charge is 2.30. The molecule has 108 valence electrons. The molecule has 0 spiro atoms. The van der Waals surface area contributed by atoms with Crippen molar-refractivity contribution in [1.82, 2.24) is 5.32 Å². The molecule has 0 aliphatic heterocycles. The van der Waals surface area contributed by atoms with Gasteiger partial charge in [0.05, 0.1) is 5.92 Å². The fourth-order valence-electron chi connectivity index (χ4n) is 2.77. The van der Waals surface area contributed by atoms with Crippen LogP contribution in [0.15, 0.2) is 24.3 Å². The number of carboxylic acid groups (broad SMARTS) is 1. The largest absolute Gasteiger partial charge is 0.480 e. The summed E-state index contributed by atoms with van der Waals surface area (Å²) in [4.78, 5) is 23.5. The minimum atomic E-state index is -0.946. The molecule has 2 atom stereocenters. The SMILES string of the molecule is CCCC[C@H](NC(=O)C1CCc2ccccc21)C(=O)O. The zero-order valence-corrected chi connectivity index (χ0v) is 11.8. The van der Waals surface area contributed by atoms with Gasteiger partial charge in [-0.25, -0.2) is 4.79 Å². The Balaban J connectivity index is 2.03. The van der Waals surface area contributed by atoms with E-state index in [2.05, 4.69) is 5.32 Å². The maximum absolute atomic E-state index is 12.3. The molecule has 0 fully saturated rings. The molecule has 0 saturated carbocycles. The number of amides is 1. The number of rotatable bonds is 6. The van der Waals surface area contributed by atoms with Crippen molar-refractivity contribution in [2.45, 2.75) is 51.0 Å². The van der Waals surface area contributed by atoms with Crippen molar-refractivity contribution in [1.29, 1.82) is 0 Å². The van der Waals surface area contributed by atoms with Gasteiger partial charge in [0.1, 0.15) is 6.04 Å². The Morgan fingerprint density at radius 3 is 2.85 bits per heavy atom. The molecule has 0 radical (unpaired) electrons. The first-order valence-electron chi connectivity index (χ1n) is 7.24. The number of unbranched alkanes of at least 4 members (excludes halogenated alkanes) is 1. The fraction of sp³-hybridized carbons (Fsp3) is 0.500. The maximum atomic E-state index is 12.3.